The minimum absolute atomic E-state index is 0.165. The summed E-state index contributed by atoms with van der Waals surface area (Å²) in [6.07, 6.45) is 2.03. The Hall–Kier alpha value is -3.29. The summed E-state index contributed by atoms with van der Waals surface area (Å²) < 4.78 is 17.3. The Morgan fingerprint density at radius 2 is 1.88 bits per heavy atom. The maximum Gasteiger partial charge on any atom is 0.408 e. The lowest BCUT2D eigenvalue weighted by Gasteiger charge is -2.31. The molecule has 0 spiro atoms. The van der Waals surface area contributed by atoms with Crippen LogP contribution in [0.25, 0.3) is 11.1 Å². The minimum Gasteiger partial charge on any atom is -0.493 e. The van der Waals surface area contributed by atoms with E-state index < -0.39 is 17.2 Å². The van der Waals surface area contributed by atoms with Crippen molar-refractivity contribution < 1.29 is 23.8 Å². The molecule has 0 aliphatic carbocycles. The summed E-state index contributed by atoms with van der Waals surface area (Å²) >= 11 is 0. The zero-order valence-corrected chi connectivity index (χ0v) is 21.1. The fourth-order valence-electron chi connectivity index (χ4n) is 3.99. The third kappa shape index (κ3) is 7.10. The number of aromatic nitrogens is 1. The molecular formula is C26H35N3O5. The first-order valence-electron chi connectivity index (χ1n) is 11.5. The summed E-state index contributed by atoms with van der Waals surface area (Å²) in [6, 6.07) is 7.61. The van der Waals surface area contributed by atoms with Crippen LogP contribution in [0.5, 0.6) is 11.5 Å². The van der Waals surface area contributed by atoms with Gasteiger partial charge in [-0.25, -0.2) is 9.78 Å². The van der Waals surface area contributed by atoms with E-state index in [1.165, 1.54) is 6.92 Å². The van der Waals surface area contributed by atoms with E-state index in [-0.39, 0.29) is 11.8 Å². The van der Waals surface area contributed by atoms with E-state index in [9.17, 15) is 9.59 Å². The van der Waals surface area contributed by atoms with Crippen molar-refractivity contribution in [3.63, 3.8) is 0 Å². The first-order chi connectivity index (χ1) is 15.8. The van der Waals surface area contributed by atoms with Crippen molar-refractivity contribution in [2.45, 2.75) is 72.6 Å². The summed E-state index contributed by atoms with van der Waals surface area (Å²) in [6.45, 7) is 13.9. The van der Waals surface area contributed by atoms with Crippen molar-refractivity contribution in [2.75, 3.05) is 11.9 Å². The average Bonchev–Trinajstić information content (AvgIpc) is 2.69. The van der Waals surface area contributed by atoms with Gasteiger partial charge in [0.25, 0.3) is 0 Å². The van der Waals surface area contributed by atoms with E-state index in [1.54, 1.807) is 6.20 Å². The summed E-state index contributed by atoms with van der Waals surface area (Å²) in [4.78, 5) is 27.8. The smallest absolute Gasteiger partial charge is 0.408 e. The maximum atomic E-state index is 12.1. The van der Waals surface area contributed by atoms with E-state index in [0.29, 0.717) is 24.8 Å². The molecule has 0 saturated heterocycles. The molecule has 184 valence electrons. The Bertz CT molecular complexity index is 1060. The van der Waals surface area contributed by atoms with Crippen LogP contribution in [0.3, 0.4) is 0 Å². The van der Waals surface area contributed by atoms with E-state index in [2.05, 4.69) is 22.5 Å². The van der Waals surface area contributed by atoms with Crippen LogP contribution in [0.15, 0.2) is 30.5 Å². The van der Waals surface area contributed by atoms with Crippen LogP contribution < -0.4 is 20.1 Å². The number of anilines is 1. The normalized spacial score (nSPS) is 13.6. The van der Waals surface area contributed by atoms with Gasteiger partial charge < -0.3 is 24.8 Å². The highest BCUT2D eigenvalue weighted by Crippen LogP contribution is 2.40. The molecule has 1 aliphatic heterocycles. The first-order valence-corrected chi connectivity index (χ1v) is 11.5. The van der Waals surface area contributed by atoms with Gasteiger partial charge in [0.15, 0.2) is 0 Å². The molecule has 1 aromatic carbocycles. The third-order valence-corrected chi connectivity index (χ3v) is 5.15. The summed E-state index contributed by atoms with van der Waals surface area (Å²) in [5.41, 5.74) is 1.90. The molecule has 1 aliphatic rings. The second-order valence-corrected chi connectivity index (χ2v) is 10.5. The molecule has 34 heavy (non-hydrogen) atoms. The molecule has 2 heterocycles. The zero-order valence-electron chi connectivity index (χ0n) is 21.1. The van der Waals surface area contributed by atoms with Gasteiger partial charge in [0.1, 0.15) is 29.5 Å². The predicted molar refractivity (Wildman–Crippen MR) is 131 cm³/mol. The monoisotopic (exact) mass is 469 g/mol. The fourth-order valence-corrected chi connectivity index (χ4v) is 3.99. The van der Waals surface area contributed by atoms with Crippen LogP contribution in [0.1, 0.15) is 60.5 Å². The number of ether oxygens (including phenoxy) is 3. The summed E-state index contributed by atoms with van der Waals surface area (Å²) in [7, 11) is 0. The van der Waals surface area contributed by atoms with Gasteiger partial charge in [0.05, 0.1) is 6.61 Å². The quantitative estimate of drug-likeness (QED) is 0.570. The summed E-state index contributed by atoms with van der Waals surface area (Å²) in [5, 5.41) is 5.66. The number of carbonyl (C=O) groups is 2. The highest BCUT2D eigenvalue weighted by atomic mass is 16.6. The number of fused-ring (bicyclic) bond motifs is 3. The van der Waals surface area contributed by atoms with Gasteiger partial charge in [-0.2, -0.15) is 0 Å². The largest absolute Gasteiger partial charge is 0.493 e. The third-order valence-electron chi connectivity index (χ3n) is 5.15. The van der Waals surface area contributed by atoms with Crippen molar-refractivity contribution in [1.82, 2.24) is 10.3 Å². The van der Waals surface area contributed by atoms with Crippen LogP contribution >= 0.6 is 0 Å². The molecule has 2 aromatic rings. The van der Waals surface area contributed by atoms with Crippen molar-refractivity contribution in [1.29, 1.82) is 0 Å². The fraction of sp³-hybridized carbons (Fsp3) is 0.500. The number of amides is 2. The van der Waals surface area contributed by atoms with Crippen molar-refractivity contribution >= 4 is 17.8 Å². The number of hydrogen-bond acceptors (Lipinski definition) is 6. The molecular weight excluding hydrogens is 434 g/mol. The number of nitrogens with zero attached hydrogens (tertiary/aromatic N) is 1. The van der Waals surface area contributed by atoms with Crippen LogP contribution in [-0.2, 0) is 16.1 Å². The molecule has 3 rings (SSSR count). The number of pyridine rings is 1. The molecule has 1 atom stereocenters. The van der Waals surface area contributed by atoms with Gasteiger partial charge in [-0.15, -0.1) is 0 Å². The SMILES string of the molecule is CC(=O)Nc1cc2c(cn1)COc1cc(OCC(C)CC(C)(C)NC(=O)OC(C)(C)C)ccc1-2. The molecule has 0 radical (unpaired) electrons. The Balaban J connectivity index is 1.61. The minimum atomic E-state index is -0.536. The van der Waals surface area contributed by atoms with Crippen LogP contribution in [0.2, 0.25) is 0 Å². The van der Waals surface area contributed by atoms with E-state index in [0.717, 1.165) is 28.9 Å². The van der Waals surface area contributed by atoms with Gasteiger partial charge in [0.2, 0.25) is 5.91 Å². The van der Waals surface area contributed by atoms with Gasteiger partial charge in [0, 0.05) is 35.9 Å². The Labute approximate surface area is 201 Å². The van der Waals surface area contributed by atoms with Gasteiger partial charge >= 0.3 is 6.09 Å². The maximum absolute atomic E-state index is 12.1. The van der Waals surface area contributed by atoms with Crippen LogP contribution in [-0.4, -0.2) is 34.7 Å². The molecule has 8 nitrogen and oxygen atoms in total. The zero-order chi connectivity index (χ0) is 25.1. The van der Waals surface area contributed by atoms with Crippen LogP contribution in [0.4, 0.5) is 10.6 Å². The second-order valence-electron chi connectivity index (χ2n) is 10.5. The average molecular weight is 470 g/mol. The van der Waals surface area contributed by atoms with Gasteiger partial charge in [-0.1, -0.05) is 6.92 Å². The highest BCUT2D eigenvalue weighted by Gasteiger charge is 2.27. The molecule has 0 saturated carbocycles. The molecule has 8 heteroatoms. The number of hydrogen-bond donors (Lipinski definition) is 2. The van der Waals surface area contributed by atoms with E-state index in [4.69, 9.17) is 14.2 Å². The number of carbonyl (C=O) groups excluding carboxylic acids is 2. The molecule has 0 bridgehead atoms. The second kappa shape index (κ2) is 9.91. The summed E-state index contributed by atoms with van der Waals surface area (Å²) in [5.74, 6) is 1.97. The predicted octanol–water partition coefficient (Wildman–Crippen LogP) is 5.31. The lowest BCUT2D eigenvalue weighted by atomic mass is 9.92. The molecule has 2 N–H and O–H groups in total. The number of nitrogens with one attached hydrogen (secondary N) is 2. The molecule has 1 unspecified atom stereocenters. The first kappa shape index (κ1) is 25.3. The lowest BCUT2D eigenvalue weighted by molar-refractivity contribution is -0.114. The number of rotatable bonds is 7. The standard InChI is InChI=1S/C26H35N3O5/c1-16(12-26(6,7)29-24(31)34-25(3,4)5)14-32-19-8-9-20-21-11-23(28-17(2)30)27-13-18(21)15-33-22(20)10-19/h8-11,13,16H,12,14-15H2,1-7H3,(H,29,31)(H,27,28,30). The Kier molecular flexibility index (Phi) is 7.38. The molecule has 0 fully saturated rings. The van der Waals surface area contributed by atoms with Crippen molar-refractivity contribution in [2.24, 2.45) is 5.92 Å². The number of alkyl carbamates (subject to hydrolysis) is 1. The van der Waals surface area contributed by atoms with Crippen LogP contribution in [0, 0.1) is 5.92 Å². The Morgan fingerprint density at radius 3 is 2.56 bits per heavy atom. The highest BCUT2D eigenvalue weighted by molar-refractivity contribution is 5.89. The molecule has 2 amide bonds. The van der Waals surface area contributed by atoms with Crippen molar-refractivity contribution in [3.8, 4) is 22.6 Å². The van der Waals surface area contributed by atoms with Gasteiger partial charge in [-0.05, 0) is 70.7 Å². The van der Waals surface area contributed by atoms with E-state index >= 15 is 0 Å². The van der Waals surface area contributed by atoms with Gasteiger partial charge in [-0.3, -0.25) is 4.79 Å². The molecule has 1 aromatic heterocycles. The lowest BCUT2D eigenvalue weighted by Crippen LogP contribution is -2.47. The van der Waals surface area contributed by atoms with E-state index in [1.807, 2.05) is 58.9 Å². The Morgan fingerprint density at radius 1 is 1.15 bits per heavy atom. The topological polar surface area (TPSA) is 98.8 Å². The van der Waals surface area contributed by atoms with Crippen molar-refractivity contribution in [3.05, 3.63) is 36.0 Å². The number of benzene rings is 1.